The highest BCUT2D eigenvalue weighted by Crippen LogP contribution is 2.19. The Morgan fingerprint density at radius 1 is 1.25 bits per heavy atom. The van der Waals surface area contributed by atoms with E-state index in [9.17, 15) is 19.5 Å². The molecule has 0 aliphatic heterocycles. The lowest BCUT2D eigenvalue weighted by Gasteiger charge is -2.18. The first kappa shape index (κ1) is 19.0. The van der Waals surface area contributed by atoms with Gasteiger partial charge in [-0.3, -0.25) is 0 Å². The molecule has 1 atom stereocenters. The number of hydrogen-bond donors (Lipinski definition) is 2. The Morgan fingerprint density at radius 2 is 1.88 bits per heavy atom. The number of hydrogen-bond acceptors (Lipinski definition) is 8. The highest BCUT2D eigenvalue weighted by Gasteiger charge is 2.25. The number of allylic oxidation sites excluding steroid dienone is 1. The second-order valence-electron chi connectivity index (χ2n) is 4.62. The standard InChI is InChI=1S/C16H19NO7/c1-4-23-16(21)24-15(20)14(11-5-7-12(18)8-6-11)17-10(2)9-13(19)22-3/h5-9,14,17-18H,4H2,1-3H3/b10-9+. The quantitative estimate of drug-likeness (QED) is 0.459. The van der Waals surface area contributed by atoms with Gasteiger partial charge in [0.2, 0.25) is 0 Å². The number of esters is 2. The number of phenols is 1. The minimum atomic E-state index is -1.12. The van der Waals surface area contributed by atoms with Crippen molar-refractivity contribution in [3.63, 3.8) is 0 Å². The molecular formula is C16H19NO7. The summed E-state index contributed by atoms with van der Waals surface area (Å²) < 4.78 is 13.7. The van der Waals surface area contributed by atoms with Crippen LogP contribution in [0.3, 0.4) is 0 Å². The Hall–Kier alpha value is -3.03. The van der Waals surface area contributed by atoms with Gasteiger partial charge >= 0.3 is 18.1 Å². The number of benzene rings is 1. The number of rotatable bonds is 6. The van der Waals surface area contributed by atoms with Crippen LogP contribution in [0.4, 0.5) is 4.79 Å². The van der Waals surface area contributed by atoms with Crippen LogP contribution in [0, 0.1) is 0 Å². The maximum atomic E-state index is 12.2. The van der Waals surface area contributed by atoms with Crippen LogP contribution in [-0.2, 0) is 23.8 Å². The first-order valence-corrected chi connectivity index (χ1v) is 7.07. The maximum Gasteiger partial charge on any atom is 0.516 e. The Kier molecular flexibility index (Phi) is 7.28. The minimum absolute atomic E-state index is 0.0121. The molecule has 8 heteroatoms. The van der Waals surface area contributed by atoms with E-state index in [-0.39, 0.29) is 12.4 Å². The Morgan fingerprint density at radius 3 is 2.42 bits per heavy atom. The second kappa shape index (κ2) is 9.19. The smallest absolute Gasteiger partial charge is 0.508 e. The third-order valence-corrected chi connectivity index (χ3v) is 2.82. The van der Waals surface area contributed by atoms with Gasteiger partial charge in [0.15, 0.2) is 6.04 Å². The summed E-state index contributed by atoms with van der Waals surface area (Å²) in [6, 6.07) is 4.62. The molecule has 0 radical (unpaired) electrons. The Balaban J connectivity index is 3.00. The van der Waals surface area contributed by atoms with Crippen molar-refractivity contribution in [2.24, 2.45) is 0 Å². The lowest BCUT2D eigenvalue weighted by atomic mass is 10.1. The summed E-state index contributed by atoms with van der Waals surface area (Å²) >= 11 is 0. The van der Waals surface area contributed by atoms with Crippen LogP contribution < -0.4 is 5.32 Å². The highest BCUT2D eigenvalue weighted by molar-refractivity contribution is 5.87. The van der Waals surface area contributed by atoms with Gasteiger partial charge in [-0.2, -0.15) is 0 Å². The van der Waals surface area contributed by atoms with Gasteiger partial charge in [0, 0.05) is 11.8 Å². The number of ether oxygens (including phenoxy) is 3. The minimum Gasteiger partial charge on any atom is -0.508 e. The van der Waals surface area contributed by atoms with Gasteiger partial charge < -0.3 is 24.6 Å². The van der Waals surface area contributed by atoms with Crippen molar-refractivity contribution in [2.45, 2.75) is 19.9 Å². The molecule has 0 aromatic heterocycles. The number of phenolic OH excluding ortho intramolecular Hbond substituents is 1. The molecule has 0 saturated heterocycles. The van der Waals surface area contributed by atoms with Gasteiger partial charge in [0.25, 0.3) is 0 Å². The topological polar surface area (TPSA) is 111 Å². The van der Waals surface area contributed by atoms with Crippen molar-refractivity contribution < 1.29 is 33.7 Å². The van der Waals surface area contributed by atoms with Crippen LogP contribution in [-0.4, -0.2) is 36.9 Å². The molecule has 0 bridgehead atoms. The summed E-state index contributed by atoms with van der Waals surface area (Å²) in [4.78, 5) is 34.8. The van der Waals surface area contributed by atoms with E-state index >= 15 is 0 Å². The van der Waals surface area contributed by atoms with E-state index in [2.05, 4.69) is 19.5 Å². The molecule has 1 rings (SSSR count). The molecule has 24 heavy (non-hydrogen) atoms. The van der Waals surface area contributed by atoms with Crippen LogP contribution in [0.15, 0.2) is 36.0 Å². The van der Waals surface area contributed by atoms with E-state index < -0.39 is 24.1 Å². The van der Waals surface area contributed by atoms with E-state index in [0.29, 0.717) is 11.3 Å². The van der Waals surface area contributed by atoms with Gasteiger partial charge in [0.1, 0.15) is 5.75 Å². The van der Waals surface area contributed by atoms with Gasteiger partial charge in [0.05, 0.1) is 13.7 Å². The molecule has 1 aromatic carbocycles. The molecular weight excluding hydrogens is 318 g/mol. The number of nitrogens with one attached hydrogen (secondary N) is 1. The second-order valence-corrected chi connectivity index (χ2v) is 4.62. The fourth-order valence-electron chi connectivity index (χ4n) is 1.74. The number of carbonyl (C=O) groups is 3. The fraction of sp³-hybridized carbons (Fsp3) is 0.312. The Bertz CT molecular complexity index is 622. The lowest BCUT2D eigenvalue weighted by molar-refractivity contribution is -0.142. The summed E-state index contributed by atoms with van der Waals surface area (Å²) in [6.45, 7) is 3.18. The fourth-order valence-corrected chi connectivity index (χ4v) is 1.74. The lowest BCUT2D eigenvalue weighted by Crippen LogP contribution is -2.31. The predicted octanol–water partition coefficient (Wildman–Crippen LogP) is 1.80. The summed E-state index contributed by atoms with van der Waals surface area (Å²) in [7, 11) is 1.22. The molecule has 1 aromatic rings. The normalized spacial score (nSPS) is 12.0. The summed E-state index contributed by atoms with van der Waals surface area (Å²) in [6.07, 6.45) is 0.0214. The molecule has 2 N–H and O–H groups in total. The first-order chi connectivity index (χ1) is 11.4. The van der Waals surface area contributed by atoms with Crippen LogP contribution in [0.1, 0.15) is 25.5 Å². The van der Waals surface area contributed by atoms with Crippen LogP contribution in [0.5, 0.6) is 5.75 Å². The third-order valence-electron chi connectivity index (χ3n) is 2.82. The van der Waals surface area contributed by atoms with Crippen molar-refractivity contribution in [2.75, 3.05) is 13.7 Å². The summed E-state index contributed by atoms with van der Waals surface area (Å²) in [5, 5.41) is 12.1. The molecule has 130 valence electrons. The van der Waals surface area contributed by atoms with Gasteiger partial charge in [-0.25, -0.2) is 14.4 Å². The number of methoxy groups -OCH3 is 1. The van der Waals surface area contributed by atoms with E-state index in [4.69, 9.17) is 0 Å². The summed E-state index contributed by atoms with van der Waals surface area (Å²) in [5.74, 6) is -1.52. The maximum absolute atomic E-state index is 12.2. The molecule has 0 saturated carbocycles. The van der Waals surface area contributed by atoms with Crippen LogP contribution >= 0.6 is 0 Å². The zero-order chi connectivity index (χ0) is 18.1. The molecule has 0 spiro atoms. The molecule has 0 amide bonds. The van der Waals surface area contributed by atoms with Crippen molar-refractivity contribution in [1.82, 2.24) is 5.32 Å². The van der Waals surface area contributed by atoms with Gasteiger partial charge in [-0.05, 0) is 31.5 Å². The van der Waals surface area contributed by atoms with Crippen molar-refractivity contribution in [3.8, 4) is 5.75 Å². The zero-order valence-corrected chi connectivity index (χ0v) is 13.6. The highest BCUT2D eigenvalue weighted by atomic mass is 16.7. The van der Waals surface area contributed by atoms with E-state index in [1.807, 2.05) is 0 Å². The average molecular weight is 337 g/mol. The van der Waals surface area contributed by atoms with Crippen LogP contribution in [0.2, 0.25) is 0 Å². The molecule has 0 aliphatic rings. The molecule has 0 aliphatic carbocycles. The van der Waals surface area contributed by atoms with Gasteiger partial charge in [-0.1, -0.05) is 12.1 Å². The Labute approximate surface area is 139 Å². The zero-order valence-electron chi connectivity index (χ0n) is 13.6. The SMILES string of the molecule is CCOC(=O)OC(=O)C(N/C(C)=C/C(=O)OC)c1ccc(O)cc1. The predicted molar refractivity (Wildman–Crippen MR) is 82.9 cm³/mol. The molecule has 8 nitrogen and oxygen atoms in total. The van der Waals surface area contributed by atoms with Crippen LogP contribution in [0.25, 0.3) is 0 Å². The molecule has 1 unspecified atom stereocenters. The van der Waals surface area contributed by atoms with E-state index in [1.165, 1.54) is 31.4 Å². The first-order valence-electron chi connectivity index (χ1n) is 7.07. The third kappa shape index (κ3) is 5.99. The monoisotopic (exact) mass is 337 g/mol. The summed E-state index contributed by atoms with van der Waals surface area (Å²) in [5.41, 5.74) is 0.737. The number of aromatic hydroxyl groups is 1. The van der Waals surface area contributed by atoms with Crippen molar-refractivity contribution in [3.05, 3.63) is 41.6 Å². The largest absolute Gasteiger partial charge is 0.516 e. The number of carbonyl (C=O) groups excluding carboxylic acids is 3. The average Bonchev–Trinajstić information content (AvgIpc) is 2.53. The van der Waals surface area contributed by atoms with Gasteiger partial charge in [-0.15, -0.1) is 0 Å². The molecule has 0 fully saturated rings. The van der Waals surface area contributed by atoms with E-state index in [1.54, 1.807) is 13.8 Å². The van der Waals surface area contributed by atoms with Crippen molar-refractivity contribution >= 4 is 18.1 Å². The van der Waals surface area contributed by atoms with Crippen molar-refractivity contribution in [1.29, 1.82) is 0 Å². The van der Waals surface area contributed by atoms with E-state index in [0.717, 1.165) is 6.08 Å². The molecule has 0 heterocycles.